The summed E-state index contributed by atoms with van der Waals surface area (Å²) in [6.45, 7) is 6.32. The van der Waals surface area contributed by atoms with Crippen LogP contribution in [0.2, 0.25) is 0 Å². The zero-order chi connectivity index (χ0) is 13.5. The van der Waals surface area contributed by atoms with Crippen molar-refractivity contribution in [2.75, 3.05) is 13.2 Å². The van der Waals surface area contributed by atoms with Crippen LogP contribution in [0, 0.1) is 0 Å². The van der Waals surface area contributed by atoms with Gasteiger partial charge in [0, 0.05) is 25.5 Å². The molecule has 0 amide bonds. The Hall–Kier alpha value is -0.520. The van der Waals surface area contributed by atoms with Gasteiger partial charge in [-0.2, -0.15) is 0 Å². The molecule has 1 aliphatic rings. The molecule has 1 saturated heterocycles. The van der Waals surface area contributed by atoms with E-state index in [9.17, 15) is 0 Å². The molecule has 1 aromatic rings. The van der Waals surface area contributed by atoms with E-state index < -0.39 is 0 Å². The first-order valence-electron chi connectivity index (χ1n) is 7.40. The maximum Gasteiger partial charge on any atom is 0.120 e. The third-order valence-electron chi connectivity index (χ3n) is 3.30. The van der Waals surface area contributed by atoms with Gasteiger partial charge in [0.15, 0.2) is 0 Å². The summed E-state index contributed by atoms with van der Waals surface area (Å²) in [6, 6.07) is 0.563. The van der Waals surface area contributed by atoms with Crippen molar-refractivity contribution in [2.24, 2.45) is 0 Å². The largest absolute Gasteiger partial charge is 0.378 e. The Morgan fingerprint density at radius 3 is 2.89 bits per heavy atom. The van der Waals surface area contributed by atoms with Crippen LogP contribution in [-0.2, 0) is 17.6 Å². The van der Waals surface area contributed by atoms with Crippen molar-refractivity contribution in [1.29, 1.82) is 0 Å². The maximum atomic E-state index is 5.74. The lowest BCUT2D eigenvalue weighted by Crippen LogP contribution is -2.23. The first-order chi connectivity index (χ1) is 9.24. The van der Waals surface area contributed by atoms with Crippen molar-refractivity contribution in [2.45, 2.75) is 64.5 Å². The number of hydrogen-bond acceptors (Lipinski definition) is 5. The van der Waals surface area contributed by atoms with Crippen molar-refractivity contribution in [3.63, 3.8) is 0 Å². The van der Waals surface area contributed by atoms with Crippen LogP contribution in [-0.4, -0.2) is 35.5 Å². The molecule has 1 aromatic heterocycles. The lowest BCUT2D eigenvalue weighted by Gasteiger charge is -2.21. The van der Waals surface area contributed by atoms with Gasteiger partial charge in [0.05, 0.1) is 6.10 Å². The normalized spacial score (nSPS) is 20.1. The van der Waals surface area contributed by atoms with Gasteiger partial charge >= 0.3 is 0 Å². The molecule has 1 aliphatic heterocycles. The molecule has 0 saturated carbocycles. The zero-order valence-corrected chi connectivity index (χ0v) is 12.8. The quantitative estimate of drug-likeness (QED) is 0.781. The fourth-order valence-corrected chi connectivity index (χ4v) is 3.22. The summed E-state index contributed by atoms with van der Waals surface area (Å²) in [4.78, 5) is 0. The number of nitrogens with zero attached hydrogens (tertiary/aromatic N) is 2. The van der Waals surface area contributed by atoms with E-state index in [4.69, 9.17) is 4.74 Å². The molecule has 1 unspecified atom stereocenters. The minimum absolute atomic E-state index is 0.372. The van der Waals surface area contributed by atoms with Gasteiger partial charge in [-0.05, 0) is 32.2 Å². The summed E-state index contributed by atoms with van der Waals surface area (Å²) in [5.74, 6) is 0. The van der Waals surface area contributed by atoms with E-state index >= 15 is 0 Å². The van der Waals surface area contributed by atoms with Crippen molar-refractivity contribution in [3.05, 3.63) is 10.0 Å². The smallest absolute Gasteiger partial charge is 0.120 e. The lowest BCUT2D eigenvalue weighted by atomic mass is 10.1. The SMILES string of the molecule is CC(C)NCCCc1nnc(CC2CCCCO2)s1. The summed E-state index contributed by atoms with van der Waals surface area (Å²) in [5, 5.41) is 14.3. The predicted octanol–water partition coefficient (Wildman–Crippen LogP) is 2.58. The molecule has 0 radical (unpaired) electrons. The standard InChI is InChI=1S/C14H25N3OS/c1-11(2)15-8-5-7-13-16-17-14(19-13)10-12-6-3-4-9-18-12/h11-12,15H,3-10H2,1-2H3. The molecular formula is C14H25N3OS. The van der Waals surface area contributed by atoms with Gasteiger partial charge in [0.2, 0.25) is 0 Å². The summed E-state index contributed by atoms with van der Waals surface area (Å²) in [6.07, 6.45) is 7.15. The topological polar surface area (TPSA) is 47.0 Å². The molecule has 0 aliphatic carbocycles. The lowest BCUT2D eigenvalue weighted by molar-refractivity contribution is 0.0167. The summed E-state index contributed by atoms with van der Waals surface area (Å²) in [7, 11) is 0. The predicted molar refractivity (Wildman–Crippen MR) is 78.7 cm³/mol. The molecule has 1 fully saturated rings. The molecule has 108 valence electrons. The van der Waals surface area contributed by atoms with Crippen LogP contribution >= 0.6 is 11.3 Å². The van der Waals surface area contributed by atoms with Crippen LogP contribution in [0.1, 0.15) is 49.5 Å². The van der Waals surface area contributed by atoms with Crippen LogP contribution in [0.25, 0.3) is 0 Å². The fourth-order valence-electron chi connectivity index (χ4n) is 2.27. The van der Waals surface area contributed by atoms with E-state index in [-0.39, 0.29) is 0 Å². The van der Waals surface area contributed by atoms with Crippen LogP contribution in [0.15, 0.2) is 0 Å². The number of aryl methyl sites for hydroxylation is 1. The Morgan fingerprint density at radius 1 is 1.32 bits per heavy atom. The van der Waals surface area contributed by atoms with E-state index in [2.05, 4.69) is 29.4 Å². The van der Waals surface area contributed by atoms with Crippen molar-refractivity contribution < 1.29 is 4.74 Å². The van der Waals surface area contributed by atoms with Crippen LogP contribution in [0.4, 0.5) is 0 Å². The number of ether oxygens (including phenoxy) is 1. The van der Waals surface area contributed by atoms with Gasteiger partial charge < -0.3 is 10.1 Å². The van der Waals surface area contributed by atoms with Gasteiger partial charge in [0.25, 0.3) is 0 Å². The van der Waals surface area contributed by atoms with E-state index in [1.54, 1.807) is 11.3 Å². The minimum Gasteiger partial charge on any atom is -0.378 e. The monoisotopic (exact) mass is 283 g/mol. The highest BCUT2D eigenvalue weighted by molar-refractivity contribution is 7.11. The second-order valence-electron chi connectivity index (χ2n) is 5.49. The van der Waals surface area contributed by atoms with Gasteiger partial charge in [0.1, 0.15) is 10.0 Å². The Bertz CT molecular complexity index is 361. The average molecular weight is 283 g/mol. The third-order valence-corrected chi connectivity index (χ3v) is 4.31. The van der Waals surface area contributed by atoms with Crippen LogP contribution in [0.5, 0.6) is 0 Å². The second kappa shape index (κ2) is 7.92. The molecule has 1 N–H and O–H groups in total. The van der Waals surface area contributed by atoms with E-state index in [0.717, 1.165) is 42.4 Å². The third kappa shape index (κ3) is 5.55. The van der Waals surface area contributed by atoms with Gasteiger partial charge in [-0.1, -0.05) is 13.8 Å². The number of hydrogen-bond donors (Lipinski definition) is 1. The van der Waals surface area contributed by atoms with Gasteiger partial charge in [-0.3, -0.25) is 0 Å². The Morgan fingerprint density at radius 2 is 2.16 bits per heavy atom. The number of aromatic nitrogens is 2. The number of nitrogens with one attached hydrogen (secondary N) is 1. The fraction of sp³-hybridized carbons (Fsp3) is 0.857. The number of rotatable bonds is 7. The molecular weight excluding hydrogens is 258 g/mol. The Balaban J connectivity index is 1.69. The van der Waals surface area contributed by atoms with Crippen LogP contribution in [0.3, 0.4) is 0 Å². The zero-order valence-electron chi connectivity index (χ0n) is 12.0. The first-order valence-corrected chi connectivity index (χ1v) is 8.22. The molecule has 19 heavy (non-hydrogen) atoms. The van der Waals surface area contributed by atoms with E-state index in [0.29, 0.717) is 12.1 Å². The first kappa shape index (κ1) is 14.9. The summed E-state index contributed by atoms with van der Waals surface area (Å²) in [5.41, 5.74) is 0. The molecule has 4 nitrogen and oxygen atoms in total. The van der Waals surface area contributed by atoms with Crippen LogP contribution < -0.4 is 5.32 Å². The van der Waals surface area contributed by atoms with Crippen molar-refractivity contribution in [1.82, 2.24) is 15.5 Å². The highest BCUT2D eigenvalue weighted by Crippen LogP contribution is 2.20. The summed E-state index contributed by atoms with van der Waals surface area (Å²) < 4.78 is 5.74. The van der Waals surface area contributed by atoms with Crippen molar-refractivity contribution >= 4 is 11.3 Å². The van der Waals surface area contributed by atoms with E-state index in [1.165, 1.54) is 19.3 Å². The average Bonchev–Trinajstić information content (AvgIpc) is 2.83. The van der Waals surface area contributed by atoms with Crippen molar-refractivity contribution in [3.8, 4) is 0 Å². The Labute approximate surface area is 120 Å². The molecule has 2 heterocycles. The molecule has 0 aromatic carbocycles. The molecule has 2 rings (SSSR count). The van der Waals surface area contributed by atoms with Gasteiger partial charge in [-0.25, -0.2) is 0 Å². The molecule has 0 bridgehead atoms. The highest BCUT2D eigenvalue weighted by Gasteiger charge is 2.16. The van der Waals surface area contributed by atoms with E-state index in [1.807, 2.05) is 0 Å². The molecule has 0 spiro atoms. The molecule has 5 heteroatoms. The second-order valence-corrected chi connectivity index (χ2v) is 6.64. The van der Waals surface area contributed by atoms with Gasteiger partial charge in [-0.15, -0.1) is 21.5 Å². The molecule has 1 atom stereocenters. The maximum absolute atomic E-state index is 5.74. The summed E-state index contributed by atoms with van der Waals surface area (Å²) >= 11 is 1.76. The minimum atomic E-state index is 0.372. The Kier molecular flexibility index (Phi) is 6.20. The highest BCUT2D eigenvalue weighted by atomic mass is 32.1.